The van der Waals surface area contributed by atoms with E-state index in [9.17, 15) is 4.79 Å². The molecule has 1 aromatic rings. The molecule has 0 saturated carbocycles. The van der Waals surface area contributed by atoms with Gasteiger partial charge < -0.3 is 9.30 Å². The summed E-state index contributed by atoms with van der Waals surface area (Å²) < 4.78 is 6.67. The van der Waals surface area contributed by atoms with Crippen LogP contribution in [0.3, 0.4) is 0 Å². The molecular formula is C12H19NO2. The molecular weight excluding hydrogens is 190 g/mol. The largest absolute Gasteiger partial charge is 0.383 e. The molecule has 0 N–H and O–H groups in total. The standard InChI is InChI=1S/C12H19NO2/c1-12(2,3)10-5-6-11(14)13(9-10)7-8-15-4/h5-6,9H,7-8H2,1-4H3. The molecule has 0 radical (unpaired) electrons. The zero-order valence-electron chi connectivity index (χ0n) is 9.91. The van der Waals surface area contributed by atoms with Crippen molar-refractivity contribution in [2.24, 2.45) is 0 Å². The molecule has 0 unspecified atom stereocenters. The van der Waals surface area contributed by atoms with Crippen molar-refractivity contribution in [2.45, 2.75) is 32.7 Å². The van der Waals surface area contributed by atoms with Gasteiger partial charge in [0, 0.05) is 25.9 Å². The second kappa shape index (κ2) is 4.62. The Balaban J connectivity index is 3.01. The zero-order chi connectivity index (χ0) is 11.5. The van der Waals surface area contributed by atoms with E-state index in [1.165, 1.54) is 5.56 Å². The molecule has 15 heavy (non-hydrogen) atoms. The Morgan fingerprint density at radius 2 is 2.00 bits per heavy atom. The van der Waals surface area contributed by atoms with Gasteiger partial charge in [0.1, 0.15) is 0 Å². The van der Waals surface area contributed by atoms with Crippen molar-refractivity contribution < 1.29 is 4.74 Å². The van der Waals surface area contributed by atoms with E-state index in [0.717, 1.165) is 0 Å². The molecule has 1 rings (SSSR count). The van der Waals surface area contributed by atoms with Crippen molar-refractivity contribution in [3.05, 3.63) is 34.2 Å². The van der Waals surface area contributed by atoms with Gasteiger partial charge in [-0.1, -0.05) is 26.8 Å². The molecule has 0 aliphatic rings. The molecule has 0 atom stereocenters. The van der Waals surface area contributed by atoms with Gasteiger partial charge in [0.25, 0.3) is 5.56 Å². The number of hydrogen-bond acceptors (Lipinski definition) is 2. The van der Waals surface area contributed by atoms with Gasteiger partial charge in [-0.25, -0.2) is 0 Å². The molecule has 0 aromatic carbocycles. The van der Waals surface area contributed by atoms with Crippen LogP contribution in [0.5, 0.6) is 0 Å². The molecule has 3 nitrogen and oxygen atoms in total. The van der Waals surface area contributed by atoms with Crippen LogP contribution in [0.1, 0.15) is 26.3 Å². The van der Waals surface area contributed by atoms with Gasteiger partial charge in [0.05, 0.1) is 6.61 Å². The Kier molecular flexibility index (Phi) is 3.69. The van der Waals surface area contributed by atoms with E-state index in [4.69, 9.17) is 4.74 Å². The molecule has 0 bridgehead atoms. The fourth-order valence-electron chi connectivity index (χ4n) is 1.34. The quantitative estimate of drug-likeness (QED) is 0.760. The number of ether oxygens (including phenoxy) is 1. The fourth-order valence-corrected chi connectivity index (χ4v) is 1.34. The topological polar surface area (TPSA) is 31.2 Å². The highest BCUT2D eigenvalue weighted by atomic mass is 16.5. The Morgan fingerprint density at radius 1 is 1.33 bits per heavy atom. The highest BCUT2D eigenvalue weighted by Crippen LogP contribution is 2.20. The predicted molar refractivity (Wildman–Crippen MR) is 61.3 cm³/mol. The van der Waals surface area contributed by atoms with Gasteiger partial charge in [-0.15, -0.1) is 0 Å². The van der Waals surface area contributed by atoms with E-state index >= 15 is 0 Å². The summed E-state index contributed by atoms with van der Waals surface area (Å²) in [5.74, 6) is 0. The average molecular weight is 209 g/mol. The lowest BCUT2D eigenvalue weighted by Gasteiger charge is -2.20. The van der Waals surface area contributed by atoms with Crippen LogP contribution in [0.2, 0.25) is 0 Å². The van der Waals surface area contributed by atoms with E-state index in [2.05, 4.69) is 20.8 Å². The lowest BCUT2D eigenvalue weighted by atomic mass is 9.88. The maximum absolute atomic E-state index is 11.5. The van der Waals surface area contributed by atoms with Crippen LogP contribution in [-0.2, 0) is 16.7 Å². The summed E-state index contributed by atoms with van der Waals surface area (Å²) in [6, 6.07) is 3.52. The molecule has 0 spiro atoms. The molecule has 0 saturated heterocycles. The van der Waals surface area contributed by atoms with Crippen LogP contribution >= 0.6 is 0 Å². The van der Waals surface area contributed by atoms with Crippen LogP contribution in [0.25, 0.3) is 0 Å². The van der Waals surface area contributed by atoms with E-state index in [-0.39, 0.29) is 11.0 Å². The maximum Gasteiger partial charge on any atom is 0.250 e. The van der Waals surface area contributed by atoms with Gasteiger partial charge in [-0.05, 0) is 11.0 Å². The Bertz CT molecular complexity index is 374. The highest BCUT2D eigenvalue weighted by molar-refractivity contribution is 5.18. The first-order chi connectivity index (χ1) is 6.95. The summed E-state index contributed by atoms with van der Waals surface area (Å²) in [6.07, 6.45) is 1.92. The number of aromatic nitrogens is 1. The molecule has 1 aromatic heterocycles. The molecule has 0 aliphatic heterocycles. The van der Waals surface area contributed by atoms with E-state index < -0.39 is 0 Å². The number of hydrogen-bond donors (Lipinski definition) is 0. The monoisotopic (exact) mass is 209 g/mol. The van der Waals surface area contributed by atoms with E-state index in [1.807, 2.05) is 12.3 Å². The normalized spacial score (nSPS) is 11.7. The predicted octanol–water partition coefficient (Wildman–Crippen LogP) is 1.79. The zero-order valence-corrected chi connectivity index (χ0v) is 9.91. The summed E-state index contributed by atoms with van der Waals surface area (Å²) >= 11 is 0. The van der Waals surface area contributed by atoms with Crippen molar-refractivity contribution in [2.75, 3.05) is 13.7 Å². The lowest BCUT2D eigenvalue weighted by molar-refractivity contribution is 0.186. The van der Waals surface area contributed by atoms with Crippen LogP contribution in [0.4, 0.5) is 0 Å². The first-order valence-corrected chi connectivity index (χ1v) is 5.15. The first kappa shape index (κ1) is 12.0. The van der Waals surface area contributed by atoms with Crippen LogP contribution in [0.15, 0.2) is 23.1 Å². The van der Waals surface area contributed by atoms with Crippen molar-refractivity contribution in [3.8, 4) is 0 Å². The van der Waals surface area contributed by atoms with Crippen LogP contribution in [-0.4, -0.2) is 18.3 Å². The summed E-state index contributed by atoms with van der Waals surface area (Å²) in [5, 5.41) is 0. The lowest BCUT2D eigenvalue weighted by Crippen LogP contribution is -2.24. The average Bonchev–Trinajstić information content (AvgIpc) is 2.15. The van der Waals surface area contributed by atoms with Gasteiger partial charge >= 0.3 is 0 Å². The van der Waals surface area contributed by atoms with Gasteiger partial charge in [-0.3, -0.25) is 4.79 Å². The SMILES string of the molecule is COCCn1cc(C(C)(C)C)ccc1=O. The van der Waals surface area contributed by atoms with E-state index in [0.29, 0.717) is 13.2 Å². The highest BCUT2D eigenvalue weighted by Gasteiger charge is 2.14. The van der Waals surface area contributed by atoms with Gasteiger partial charge in [-0.2, -0.15) is 0 Å². The Labute approximate surface area is 90.7 Å². The third kappa shape index (κ3) is 3.20. The summed E-state index contributed by atoms with van der Waals surface area (Å²) in [5.41, 5.74) is 1.26. The number of methoxy groups -OCH3 is 1. The molecule has 84 valence electrons. The minimum Gasteiger partial charge on any atom is -0.383 e. The third-order valence-electron chi connectivity index (χ3n) is 2.39. The van der Waals surface area contributed by atoms with Gasteiger partial charge in [0.2, 0.25) is 0 Å². The third-order valence-corrected chi connectivity index (χ3v) is 2.39. The molecule has 0 aliphatic carbocycles. The van der Waals surface area contributed by atoms with E-state index in [1.54, 1.807) is 17.7 Å². The summed E-state index contributed by atoms with van der Waals surface area (Å²) in [4.78, 5) is 11.5. The van der Waals surface area contributed by atoms with Gasteiger partial charge in [0.15, 0.2) is 0 Å². The van der Waals surface area contributed by atoms with Crippen molar-refractivity contribution >= 4 is 0 Å². The second-order valence-corrected chi connectivity index (χ2v) is 4.69. The first-order valence-electron chi connectivity index (χ1n) is 5.15. The summed E-state index contributed by atoms with van der Waals surface area (Å²) in [7, 11) is 1.64. The van der Waals surface area contributed by atoms with Crippen LogP contribution in [0, 0.1) is 0 Å². The molecule has 3 heteroatoms. The smallest absolute Gasteiger partial charge is 0.250 e. The Hall–Kier alpha value is -1.09. The summed E-state index contributed by atoms with van der Waals surface area (Å²) in [6.45, 7) is 7.57. The van der Waals surface area contributed by atoms with Crippen molar-refractivity contribution in [1.82, 2.24) is 4.57 Å². The molecule has 1 heterocycles. The minimum atomic E-state index is 0.0278. The molecule has 0 fully saturated rings. The molecule has 0 amide bonds. The van der Waals surface area contributed by atoms with Crippen molar-refractivity contribution in [3.63, 3.8) is 0 Å². The number of pyridine rings is 1. The van der Waals surface area contributed by atoms with Crippen molar-refractivity contribution in [1.29, 1.82) is 0 Å². The van der Waals surface area contributed by atoms with Crippen LogP contribution < -0.4 is 5.56 Å². The maximum atomic E-state index is 11.5. The minimum absolute atomic E-state index is 0.0278. The number of rotatable bonds is 3. The second-order valence-electron chi connectivity index (χ2n) is 4.69. The Morgan fingerprint density at radius 3 is 2.53 bits per heavy atom. The number of nitrogens with zero attached hydrogens (tertiary/aromatic N) is 1. The fraction of sp³-hybridized carbons (Fsp3) is 0.583.